The fraction of sp³-hybridized carbons (Fsp3) is 0.200. The molecule has 2 aromatic carbocycles. The molecule has 0 unspecified atom stereocenters. The van der Waals surface area contributed by atoms with Crippen molar-refractivity contribution in [2.75, 3.05) is 14.2 Å². The van der Waals surface area contributed by atoms with Gasteiger partial charge in [0.1, 0.15) is 0 Å². The molecule has 0 saturated heterocycles. The molecule has 0 spiro atoms. The van der Waals surface area contributed by atoms with Gasteiger partial charge in [0.25, 0.3) is 0 Å². The average molecular weight is 401 g/mol. The molecule has 0 aliphatic heterocycles. The molecule has 2 amide bonds. The molecule has 2 N–H and O–H groups in total. The second-order valence-electron chi connectivity index (χ2n) is 5.96. The summed E-state index contributed by atoms with van der Waals surface area (Å²) in [5.41, 5.74) is 2.60. The van der Waals surface area contributed by atoms with E-state index in [4.69, 9.17) is 21.1 Å². The minimum atomic E-state index is -0.288. The molecule has 3 aromatic rings. The van der Waals surface area contributed by atoms with Crippen LogP contribution in [0.5, 0.6) is 11.5 Å². The first-order valence-corrected chi connectivity index (χ1v) is 8.99. The molecule has 28 heavy (non-hydrogen) atoms. The predicted molar refractivity (Wildman–Crippen MR) is 107 cm³/mol. The Kier molecular flexibility index (Phi) is 6.39. The van der Waals surface area contributed by atoms with Crippen LogP contribution in [0.15, 0.2) is 54.9 Å². The van der Waals surface area contributed by atoms with Gasteiger partial charge in [-0.25, -0.2) is 9.48 Å². The van der Waals surface area contributed by atoms with E-state index in [9.17, 15) is 4.79 Å². The number of hydrogen-bond acceptors (Lipinski definition) is 4. The number of aromatic nitrogens is 2. The summed E-state index contributed by atoms with van der Waals surface area (Å²) in [4.78, 5) is 12.1. The Bertz CT molecular complexity index is 941. The van der Waals surface area contributed by atoms with E-state index in [0.717, 1.165) is 16.8 Å². The van der Waals surface area contributed by atoms with Crippen LogP contribution < -0.4 is 20.1 Å². The van der Waals surface area contributed by atoms with Gasteiger partial charge in [0.15, 0.2) is 11.5 Å². The summed E-state index contributed by atoms with van der Waals surface area (Å²) in [7, 11) is 3.14. The Labute approximate surface area is 168 Å². The van der Waals surface area contributed by atoms with Crippen molar-refractivity contribution in [3.63, 3.8) is 0 Å². The number of halogens is 1. The lowest BCUT2D eigenvalue weighted by atomic mass is 10.2. The molecule has 1 aromatic heterocycles. The maximum absolute atomic E-state index is 12.1. The van der Waals surface area contributed by atoms with E-state index in [1.807, 2.05) is 30.5 Å². The molecule has 1 heterocycles. The van der Waals surface area contributed by atoms with Crippen LogP contribution in [0.2, 0.25) is 5.02 Å². The zero-order chi connectivity index (χ0) is 19.9. The van der Waals surface area contributed by atoms with Crippen LogP contribution in [0.25, 0.3) is 5.69 Å². The van der Waals surface area contributed by atoms with Crippen LogP contribution >= 0.6 is 11.6 Å². The summed E-state index contributed by atoms with van der Waals surface area (Å²) in [6, 6.07) is 12.6. The van der Waals surface area contributed by atoms with E-state index < -0.39 is 0 Å². The van der Waals surface area contributed by atoms with Crippen molar-refractivity contribution in [1.82, 2.24) is 20.4 Å². The molecule has 7 nitrogen and oxygen atoms in total. The normalized spacial score (nSPS) is 10.4. The summed E-state index contributed by atoms with van der Waals surface area (Å²) in [5.74, 6) is 1.23. The quantitative estimate of drug-likeness (QED) is 0.636. The van der Waals surface area contributed by atoms with Crippen molar-refractivity contribution in [3.05, 3.63) is 71.0 Å². The lowest BCUT2D eigenvalue weighted by Gasteiger charge is -2.13. The van der Waals surface area contributed by atoms with Crippen molar-refractivity contribution in [2.45, 2.75) is 13.1 Å². The van der Waals surface area contributed by atoms with Crippen molar-refractivity contribution in [2.24, 2.45) is 0 Å². The van der Waals surface area contributed by atoms with E-state index in [1.54, 1.807) is 43.3 Å². The number of hydrogen-bond donors (Lipinski definition) is 2. The van der Waals surface area contributed by atoms with Gasteiger partial charge < -0.3 is 20.1 Å². The number of rotatable bonds is 7. The van der Waals surface area contributed by atoms with Crippen LogP contribution in [-0.4, -0.2) is 30.0 Å². The van der Waals surface area contributed by atoms with Gasteiger partial charge in [0.05, 0.1) is 26.1 Å². The smallest absolute Gasteiger partial charge is 0.315 e. The number of ether oxygens (including phenoxy) is 2. The fourth-order valence-electron chi connectivity index (χ4n) is 2.70. The van der Waals surface area contributed by atoms with E-state index in [1.165, 1.54) is 0 Å². The Hall–Kier alpha value is -3.19. The largest absolute Gasteiger partial charge is 0.493 e. The number of nitrogens with one attached hydrogen (secondary N) is 2. The average Bonchev–Trinajstić information content (AvgIpc) is 3.19. The van der Waals surface area contributed by atoms with Crippen molar-refractivity contribution in [1.29, 1.82) is 0 Å². The second-order valence-corrected chi connectivity index (χ2v) is 6.39. The highest BCUT2D eigenvalue weighted by molar-refractivity contribution is 6.30. The summed E-state index contributed by atoms with van der Waals surface area (Å²) < 4.78 is 12.4. The minimum Gasteiger partial charge on any atom is -0.493 e. The number of carbonyl (C=O) groups excluding carboxylic acids is 1. The van der Waals surface area contributed by atoms with Gasteiger partial charge in [0.2, 0.25) is 0 Å². The maximum atomic E-state index is 12.1. The first kappa shape index (κ1) is 19.6. The van der Waals surface area contributed by atoms with E-state index in [0.29, 0.717) is 29.6 Å². The summed E-state index contributed by atoms with van der Waals surface area (Å²) >= 11 is 5.90. The van der Waals surface area contributed by atoms with E-state index >= 15 is 0 Å². The predicted octanol–water partition coefficient (Wildman–Crippen LogP) is 3.54. The Morgan fingerprint density at radius 3 is 2.54 bits per heavy atom. The number of para-hydroxylation sites is 1. The van der Waals surface area contributed by atoms with Crippen molar-refractivity contribution in [3.8, 4) is 17.2 Å². The van der Waals surface area contributed by atoms with Crippen LogP contribution in [0.1, 0.15) is 11.1 Å². The molecule has 0 bridgehead atoms. The van der Waals surface area contributed by atoms with Gasteiger partial charge in [-0.3, -0.25) is 0 Å². The Balaban J connectivity index is 1.53. The van der Waals surface area contributed by atoms with Crippen LogP contribution in [0.3, 0.4) is 0 Å². The highest BCUT2D eigenvalue weighted by Gasteiger charge is 2.10. The third kappa shape index (κ3) is 4.75. The molecule has 0 saturated carbocycles. The van der Waals surface area contributed by atoms with Crippen molar-refractivity contribution < 1.29 is 14.3 Å². The van der Waals surface area contributed by atoms with Crippen molar-refractivity contribution >= 4 is 17.6 Å². The summed E-state index contributed by atoms with van der Waals surface area (Å²) in [5, 5.41) is 10.6. The molecule has 0 radical (unpaired) electrons. The fourth-order valence-corrected chi connectivity index (χ4v) is 2.83. The summed E-state index contributed by atoms with van der Waals surface area (Å²) in [6.45, 7) is 0.672. The number of amides is 2. The molecule has 146 valence electrons. The van der Waals surface area contributed by atoms with Gasteiger partial charge >= 0.3 is 6.03 Å². The monoisotopic (exact) mass is 400 g/mol. The molecule has 3 rings (SSSR count). The number of benzene rings is 2. The molecular weight excluding hydrogens is 380 g/mol. The van der Waals surface area contributed by atoms with Crippen LogP contribution in [0.4, 0.5) is 4.79 Å². The highest BCUT2D eigenvalue weighted by Crippen LogP contribution is 2.30. The molecule has 0 aliphatic carbocycles. The molecular formula is C20H21ClN4O3. The lowest BCUT2D eigenvalue weighted by molar-refractivity contribution is 0.240. The third-order valence-electron chi connectivity index (χ3n) is 4.10. The third-order valence-corrected chi connectivity index (χ3v) is 4.36. The molecule has 8 heteroatoms. The van der Waals surface area contributed by atoms with Gasteiger partial charge in [-0.15, -0.1) is 0 Å². The standard InChI is InChI=1S/C20H21ClN4O3/c1-27-18-5-3-4-15(19(18)28-2)12-23-20(26)22-10-14-11-24-25(13-14)17-8-6-16(21)7-9-17/h3-9,11,13H,10,12H2,1-2H3,(H2,22,23,26). The first-order valence-electron chi connectivity index (χ1n) is 8.61. The second kappa shape index (κ2) is 9.14. The SMILES string of the molecule is COc1cccc(CNC(=O)NCc2cnn(-c3ccc(Cl)cc3)c2)c1OC. The van der Waals surface area contributed by atoms with Crippen LogP contribution in [0, 0.1) is 0 Å². The number of urea groups is 1. The van der Waals surface area contributed by atoms with E-state index in [-0.39, 0.29) is 6.03 Å². The Morgan fingerprint density at radius 2 is 1.82 bits per heavy atom. The first-order chi connectivity index (χ1) is 13.6. The lowest BCUT2D eigenvalue weighted by Crippen LogP contribution is -2.34. The van der Waals surface area contributed by atoms with Gasteiger partial charge in [-0.1, -0.05) is 23.7 Å². The Morgan fingerprint density at radius 1 is 1.07 bits per heavy atom. The zero-order valence-electron chi connectivity index (χ0n) is 15.6. The molecule has 0 aliphatic rings. The van der Waals surface area contributed by atoms with E-state index in [2.05, 4.69) is 15.7 Å². The van der Waals surface area contributed by atoms with Gasteiger partial charge in [-0.05, 0) is 30.3 Å². The van der Waals surface area contributed by atoms with Gasteiger partial charge in [0, 0.05) is 35.4 Å². The zero-order valence-corrected chi connectivity index (χ0v) is 16.4. The number of methoxy groups -OCH3 is 2. The highest BCUT2D eigenvalue weighted by atomic mass is 35.5. The maximum Gasteiger partial charge on any atom is 0.315 e. The van der Waals surface area contributed by atoms with Crippen LogP contribution in [-0.2, 0) is 13.1 Å². The topological polar surface area (TPSA) is 77.4 Å². The molecule has 0 atom stereocenters. The molecule has 0 fully saturated rings. The summed E-state index contributed by atoms with van der Waals surface area (Å²) in [6.07, 6.45) is 3.56. The number of nitrogens with zero attached hydrogens (tertiary/aromatic N) is 2. The van der Waals surface area contributed by atoms with Gasteiger partial charge in [-0.2, -0.15) is 5.10 Å². The minimum absolute atomic E-state index is 0.288. The number of carbonyl (C=O) groups is 1.